The molecule has 4 heterocycles. The third kappa shape index (κ3) is 9.41. The number of piperazine rings is 1. The van der Waals surface area contributed by atoms with Crippen LogP contribution < -0.4 is 21.3 Å². The molecule has 0 unspecified atom stereocenters. The fourth-order valence-electron chi connectivity index (χ4n) is 10.3. The number of nitrogens with one attached hydrogen (secondary N) is 3. The SMILES string of the molecule is CCc1cc2c(cc1N1CCN(C(=O)CCCN3C[C@H](NC(=O)[C@H](CCCc4cc(F)cnc4N)NC(=O)OC(C)(C)C)C4(CC4)C3)CC1)C(C)(C)c1[nH]c3cc(C#N)ccc3c1C2=O. The number of halogens is 1. The number of pyridine rings is 1. The Morgan fingerprint density at radius 2 is 1.83 bits per heavy atom. The maximum atomic E-state index is 14.1. The molecule has 0 bridgehead atoms. The van der Waals surface area contributed by atoms with Gasteiger partial charge in [-0.25, -0.2) is 14.2 Å². The van der Waals surface area contributed by atoms with E-state index in [1.165, 1.54) is 6.07 Å². The lowest BCUT2D eigenvalue weighted by molar-refractivity contribution is -0.131. The van der Waals surface area contributed by atoms with Crippen LogP contribution in [0, 0.1) is 22.6 Å². The van der Waals surface area contributed by atoms with E-state index in [-0.39, 0.29) is 34.9 Å². The second-order valence-electron chi connectivity index (χ2n) is 20.0. The number of nitrogen functional groups attached to an aromatic ring is 1. The summed E-state index contributed by atoms with van der Waals surface area (Å²) in [4.78, 5) is 68.5. The Balaban J connectivity index is 0.845. The molecule has 4 aromatic rings. The number of nitrogens with two attached hydrogens (primary N) is 1. The lowest BCUT2D eigenvalue weighted by atomic mass is 9.70. The number of anilines is 2. The fraction of sp³-hybridized carbons (Fsp3) is 0.520. The van der Waals surface area contributed by atoms with Crippen LogP contribution in [0.25, 0.3) is 10.9 Å². The number of benzene rings is 2. The zero-order valence-corrected chi connectivity index (χ0v) is 38.5. The number of nitrogens with zero attached hydrogens (tertiary/aromatic N) is 5. The standard InChI is InChI=1S/C50H62FN9O5/c1-7-31-24-35-36(49(5,6)44-42(43(35)62)34-14-13-30(26-52)22-38(34)55-44)25-39(31)59-18-20-60(21-19-59)41(61)12-9-17-58-28-40(50(29-58)15-16-50)57-46(63)37(56-47(64)65-48(2,3)4)11-8-10-32-23-33(51)27-54-45(32)53/h13-14,22-25,27,37,40,55H,7-12,15-21,28-29H2,1-6H3,(H2,53,54)(H,56,64)(H,57,63)/t37-,40-/m0/s1. The van der Waals surface area contributed by atoms with E-state index >= 15 is 0 Å². The number of nitriles is 1. The molecule has 2 atom stereocenters. The van der Waals surface area contributed by atoms with Crippen LogP contribution >= 0.6 is 0 Å². The molecule has 2 aliphatic carbocycles. The number of hydrogen-bond donors (Lipinski definition) is 4. The largest absolute Gasteiger partial charge is 0.444 e. The lowest BCUT2D eigenvalue weighted by Gasteiger charge is -2.39. The summed E-state index contributed by atoms with van der Waals surface area (Å²) in [5.41, 5.74) is 12.1. The Labute approximate surface area is 380 Å². The Hall–Kier alpha value is -6.01. The molecule has 2 aromatic heterocycles. The Bertz CT molecular complexity index is 2560. The average molecular weight is 888 g/mol. The Morgan fingerprint density at radius 3 is 2.52 bits per heavy atom. The van der Waals surface area contributed by atoms with Crippen molar-refractivity contribution in [2.75, 3.05) is 56.4 Å². The highest BCUT2D eigenvalue weighted by Crippen LogP contribution is 2.53. The number of aryl methyl sites for hydroxylation is 2. The van der Waals surface area contributed by atoms with Gasteiger partial charge in [-0.05, 0) is 119 Å². The molecule has 3 fully saturated rings. The molecule has 1 spiro atoms. The van der Waals surface area contributed by atoms with Gasteiger partial charge in [-0.2, -0.15) is 5.26 Å². The van der Waals surface area contributed by atoms with Crippen molar-refractivity contribution in [1.82, 2.24) is 30.4 Å². The van der Waals surface area contributed by atoms with Gasteiger partial charge in [-0.1, -0.05) is 26.8 Å². The second-order valence-corrected chi connectivity index (χ2v) is 20.0. The fourth-order valence-corrected chi connectivity index (χ4v) is 10.3. The maximum absolute atomic E-state index is 14.1. The number of amides is 3. The summed E-state index contributed by atoms with van der Waals surface area (Å²) < 4.78 is 19.3. The molecule has 0 radical (unpaired) electrons. The summed E-state index contributed by atoms with van der Waals surface area (Å²) in [6, 6.07) is 12.3. The van der Waals surface area contributed by atoms with E-state index in [4.69, 9.17) is 10.5 Å². The smallest absolute Gasteiger partial charge is 0.408 e. The van der Waals surface area contributed by atoms with Crippen LogP contribution in [0.15, 0.2) is 42.6 Å². The number of aromatic nitrogens is 2. The minimum atomic E-state index is -0.860. The highest BCUT2D eigenvalue weighted by molar-refractivity contribution is 6.20. The van der Waals surface area contributed by atoms with Gasteiger partial charge in [0.2, 0.25) is 11.8 Å². The maximum Gasteiger partial charge on any atom is 0.408 e. The number of rotatable bonds is 13. The molecule has 2 saturated heterocycles. The molecule has 5 N–H and O–H groups in total. The van der Waals surface area contributed by atoms with Crippen LogP contribution in [0.5, 0.6) is 0 Å². The first-order valence-corrected chi connectivity index (χ1v) is 23.1. The highest BCUT2D eigenvalue weighted by Gasteiger charge is 2.55. The van der Waals surface area contributed by atoms with Gasteiger partial charge >= 0.3 is 6.09 Å². The van der Waals surface area contributed by atoms with Gasteiger partial charge in [-0.15, -0.1) is 0 Å². The summed E-state index contributed by atoms with van der Waals surface area (Å²) >= 11 is 0. The number of hydrogen-bond acceptors (Lipinski definition) is 10. The lowest BCUT2D eigenvalue weighted by Crippen LogP contribution is -2.52. The minimum Gasteiger partial charge on any atom is -0.444 e. The summed E-state index contributed by atoms with van der Waals surface area (Å²) in [7, 11) is 0. The van der Waals surface area contributed by atoms with Crippen LogP contribution in [-0.4, -0.2) is 107 Å². The molecule has 1 saturated carbocycles. The van der Waals surface area contributed by atoms with Crippen molar-refractivity contribution >= 4 is 46.1 Å². The average Bonchev–Trinajstić information content (AvgIpc) is 3.82. The highest BCUT2D eigenvalue weighted by atomic mass is 19.1. The van der Waals surface area contributed by atoms with Crippen LogP contribution in [0.2, 0.25) is 0 Å². The number of aromatic amines is 1. The van der Waals surface area contributed by atoms with Crippen LogP contribution in [0.1, 0.15) is 124 Å². The third-order valence-electron chi connectivity index (χ3n) is 14.0. The third-order valence-corrected chi connectivity index (χ3v) is 14.0. The molecule has 2 aliphatic heterocycles. The molecular formula is C50H62FN9O5. The normalized spacial score (nSPS) is 19.1. The van der Waals surface area contributed by atoms with Crippen molar-refractivity contribution < 1.29 is 28.3 Å². The van der Waals surface area contributed by atoms with Gasteiger partial charge in [0.05, 0.1) is 23.4 Å². The molecule has 3 amide bonds. The van der Waals surface area contributed by atoms with Gasteiger partial charge in [0.15, 0.2) is 5.78 Å². The predicted octanol–water partition coefficient (Wildman–Crippen LogP) is 6.51. The number of ketones is 1. The molecule has 2 aromatic carbocycles. The summed E-state index contributed by atoms with van der Waals surface area (Å²) in [5, 5.41) is 16.4. The Morgan fingerprint density at radius 1 is 1.08 bits per heavy atom. The van der Waals surface area contributed by atoms with E-state index in [0.29, 0.717) is 81.5 Å². The minimum absolute atomic E-state index is 0.000150. The van der Waals surface area contributed by atoms with Gasteiger partial charge in [0.1, 0.15) is 23.3 Å². The van der Waals surface area contributed by atoms with E-state index in [2.05, 4.69) is 69.4 Å². The number of H-pyrrole nitrogens is 1. The molecule has 344 valence electrons. The summed E-state index contributed by atoms with van der Waals surface area (Å²) in [5.74, 6) is -0.395. The van der Waals surface area contributed by atoms with Crippen molar-refractivity contribution in [2.45, 2.75) is 116 Å². The summed E-state index contributed by atoms with van der Waals surface area (Å²) in [6.45, 7) is 16.5. The Kier molecular flexibility index (Phi) is 12.4. The van der Waals surface area contributed by atoms with Crippen molar-refractivity contribution in [2.24, 2.45) is 5.41 Å². The van der Waals surface area contributed by atoms with Gasteiger partial charge in [-0.3, -0.25) is 14.4 Å². The number of carbonyl (C=O) groups excluding carboxylic acids is 4. The van der Waals surface area contributed by atoms with Crippen molar-refractivity contribution in [1.29, 1.82) is 5.26 Å². The van der Waals surface area contributed by atoms with E-state index < -0.39 is 29.0 Å². The number of likely N-dealkylation sites (tertiary alicyclic amines) is 1. The first-order valence-electron chi connectivity index (χ1n) is 23.1. The predicted molar refractivity (Wildman–Crippen MR) is 247 cm³/mol. The van der Waals surface area contributed by atoms with Gasteiger partial charge < -0.3 is 40.8 Å². The van der Waals surface area contributed by atoms with Crippen molar-refractivity contribution in [3.05, 3.63) is 87.5 Å². The second kappa shape index (κ2) is 17.8. The van der Waals surface area contributed by atoms with E-state index in [0.717, 1.165) is 77.5 Å². The van der Waals surface area contributed by atoms with E-state index in [9.17, 15) is 28.8 Å². The molecule has 15 heteroatoms. The molecule has 4 aliphatic rings. The zero-order chi connectivity index (χ0) is 46.4. The quantitative estimate of drug-likeness (QED) is 0.115. The summed E-state index contributed by atoms with van der Waals surface area (Å²) in [6.07, 6.45) is 5.44. The molecule has 14 nitrogen and oxygen atoms in total. The van der Waals surface area contributed by atoms with Crippen LogP contribution in [0.3, 0.4) is 0 Å². The topological polar surface area (TPSA) is 190 Å². The van der Waals surface area contributed by atoms with Crippen LogP contribution in [-0.2, 0) is 32.6 Å². The number of fused-ring (bicyclic) bond motifs is 4. The number of ether oxygens (including phenoxy) is 1. The number of carbonyl (C=O) groups is 4. The number of alkyl carbamates (subject to hydrolysis) is 1. The van der Waals surface area contributed by atoms with E-state index in [1.54, 1.807) is 26.8 Å². The molecular weight excluding hydrogens is 826 g/mol. The van der Waals surface area contributed by atoms with Crippen molar-refractivity contribution in [3.8, 4) is 6.07 Å². The molecule has 8 rings (SSSR count). The first kappa shape index (κ1) is 45.6. The zero-order valence-electron chi connectivity index (χ0n) is 38.5. The first-order chi connectivity index (χ1) is 30.9. The van der Waals surface area contributed by atoms with Crippen LogP contribution in [0.4, 0.5) is 20.7 Å². The van der Waals surface area contributed by atoms with Gasteiger partial charge in [0, 0.05) is 90.4 Å². The van der Waals surface area contributed by atoms with E-state index in [1.807, 2.05) is 17.0 Å². The van der Waals surface area contributed by atoms with Gasteiger partial charge in [0.25, 0.3) is 0 Å². The monoisotopic (exact) mass is 887 g/mol. The van der Waals surface area contributed by atoms with Crippen molar-refractivity contribution in [3.63, 3.8) is 0 Å². The molecule has 65 heavy (non-hydrogen) atoms.